The number of ether oxygens (including phenoxy) is 2. The van der Waals surface area contributed by atoms with Crippen molar-refractivity contribution >= 4 is 15.9 Å². The third kappa shape index (κ3) is 6.37. The van der Waals surface area contributed by atoms with Crippen LogP contribution in [0.4, 0.5) is 0 Å². The van der Waals surface area contributed by atoms with Crippen LogP contribution >= 0.6 is 15.9 Å². The fourth-order valence-corrected chi connectivity index (χ4v) is 3.17. The van der Waals surface area contributed by atoms with Crippen LogP contribution in [0.3, 0.4) is 0 Å². The molecule has 0 amide bonds. The average Bonchev–Trinajstić information content (AvgIpc) is 2.60. The minimum atomic E-state index is 0.101. The molecule has 0 radical (unpaired) electrons. The summed E-state index contributed by atoms with van der Waals surface area (Å²) < 4.78 is 12.5. The Bertz CT molecular complexity index is 658. The number of halogens is 1. The Morgan fingerprint density at radius 3 is 2.44 bits per heavy atom. The molecule has 0 saturated carbocycles. The zero-order valence-electron chi connectivity index (χ0n) is 15.5. The maximum absolute atomic E-state index is 6.00. The lowest BCUT2D eigenvalue weighted by Gasteiger charge is -2.20. The van der Waals surface area contributed by atoms with E-state index in [1.807, 2.05) is 19.9 Å². The molecule has 0 aromatic heterocycles. The normalized spacial score (nSPS) is 12.2. The van der Waals surface area contributed by atoms with Crippen molar-refractivity contribution < 1.29 is 9.47 Å². The maximum Gasteiger partial charge on any atom is 0.166 e. The van der Waals surface area contributed by atoms with Gasteiger partial charge in [-0.3, -0.25) is 0 Å². The van der Waals surface area contributed by atoms with Crippen LogP contribution in [0, 0.1) is 0 Å². The lowest BCUT2D eigenvalue weighted by molar-refractivity contribution is 0.227. The monoisotopic (exact) mass is 405 g/mol. The van der Waals surface area contributed by atoms with Gasteiger partial charge in [0.2, 0.25) is 0 Å². The summed E-state index contributed by atoms with van der Waals surface area (Å²) in [6.45, 7) is 7.03. The summed E-state index contributed by atoms with van der Waals surface area (Å²) in [5.41, 5.74) is 2.48. The molecule has 2 rings (SSSR count). The van der Waals surface area contributed by atoms with Gasteiger partial charge < -0.3 is 14.8 Å². The molecule has 0 fully saturated rings. The van der Waals surface area contributed by atoms with Gasteiger partial charge in [-0.15, -0.1) is 0 Å². The van der Waals surface area contributed by atoms with Crippen molar-refractivity contribution in [3.8, 4) is 11.5 Å². The number of aryl methyl sites for hydroxylation is 1. The Morgan fingerprint density at radius 2 is 1.80 bits per heavy atom. The van der Waals surface area contributed by atoms with Gasteiger partial charge in [0.15, 0.2) is 11.5 Å². The van der Waals surface area contributed by atoms with E-state index in [9.17, 15) is 0 Å². The summed E-state index contributed by atoms with van der Waals surface area (Å²) in [4.78, 5) is 0. The highest BCUT2D eigenvalue weighted by Crippen LogP contribution is 2.35. The summed E-state index contributed by atoms with van der Waals surface area (Å²) in [6.07, 6.45) is 2.27. The van der Waals surface area contributed by atoms with Crippen molar-refractivity contribution in [3.05, 3.63) is 58.1 Å². The summed E-state index contributed by atoms with van der Waals surface area (Å²) in [5.74, 6) is 1.58. The zero-order valence-corrected chi connectivity index (χ0v) is 17.1. The highest BCUT2D eigenvalue weighted by molar-refractivity contribution is 9.10. The molecule has 2 aromatic carbocycles. The highest BCUT2D eigenvalue weighted by atomic mass is 79.9. The predicted molar refractivity (Wildman–Crippen MR) is 108 cm³/mol. The Kier molecular flexibility index (Phi) is 7.79. The number of methoxy groups -OCH3 is 1. The molecule has 0 heterocycles. The third-order valence-electron chi connectivity index (χ3n) is 4.02. The van der Waals surface area contributed by atoms with Crippen LogP contribution in [-0.2, 0) is 13.0 Å². The second-order valence-electron chi connectivity index (χ2n) is 6.57. The van der Waals surface area contributed by atoms with E-state index < -0.39 is 0 Å². The highest BCUT2D eigenvalue weighted by Gasteiger charge is 2.15. The number of hydrogen-bond donors (Lipinski definition) is 1. The maximum atomic E-state index is 6.00. The number of benzene rings is 2. The second kappa shape index (κ2) is 9.83. The standard InChI is InChI=1S/C21H28BrNO2/c1-15(2)25-21-18(12-19(22)13-20(21)24-4)14-23-16(3)10-11-17-8-6-5-7-9-17/h5-9,12-13,15-16,23H,10-11,14H2,1-4H3/t16-/m0/s1. The number of nitrogens with one attached hydrogen (secondary N) is 1. The van der Waals surface area contributed by atoms with Crippen molar-refractivity contribution in [2.75, 3.05) is 7.11 Å². The summed E-state index contributed by atoms with van der Waals surface area (Å²) in [6, 6.07) is 15.1. The molecular formula is C21H28BrNO2. The van der Waals surface area contributed by atoms with Gasteiger partial charge in [-0.2, -0.15) is 0 Å². The van der Waals surface area contributed by atoms with Crippen LogP contribution in [0.25, 0.3) is 0 Å². The molecule has 1 N–H and O–H groups in total. The Balaban J connectivity index is 1.99. The smallest absolute Gasteiger partial charge is 0.166 e. The summed E-state index contributed by atoms with van der Waals surface area (Å²) in [7, 11) is 1.68. The van der Waals surface area contributed by atoms with E-state index in [1.54, 1.807) is 7.11 Å². The molecule has 0 saturated heterocycles. The lowest BCUT2D eigenvalue weighted by Crippen LogP contribution is -2.26. The molecule has 4 heteroatoms. The van der Waals surface area contributed by atoms with Crippen LogP contribution < -0.4 is 14.8 Å². The van der Waals surface area contributed by atoms with Gasteiger partial charge in [-0.1, -0.05) is 46.3 Å². The first-order valence-electron chi connectivity index (χ1n) is 8.80. The number of hydrogen-bond acceptors (Lipinski definition) is 3. The van der Waals surface area contributed by atoms with E-state index in [0.717, 1.165) is 40.9 Å². The molecule has 0 spiro atoms. The summed E-state index contributed by atoms with van der Waals surface area (Å²) >= 11 is 3.56. The van der Waals surface area contributed by atoms with Crippen LogP contribution in [0.2, 0.25) is 0 Å². The van der Waals surface area contributed by atoms with Crippen LogP contribution in [0.5, 0.6) is 11.5 Å². The quantitative estimate of drug-likeness (QED) is 0.609. The van der Waals surface area contributed by atoms with Crippen molar-refractivity contribution in [2.45, 2.75) is 52.3 Å². The molecule has 0 unspecified atom stereocenters. The van der Waals surface area contributed by atoms with E-state index >= 15 is 0 Å². The minimum absolute atomic E-state index is 0.101. The predicted octanol–water partition coefficient (Wildman–Crippen LogP) is 5.36. The van der Waals surface area contributed by atoms with Gasteiger partial charge in [0.1, 0.15) is 0 Å². The SMILES string of the molecule is COc1cc(Br)cc(CN[C@@H](C)CCc2ccccc2)c1OC(C)C. The average molecular weight is 406 g/mol. The third-order valence-corrected chi connectivity index (χ3v) is 4.48. The van der Waals surface area contributed by atoms with E-state index in [1.165, 1.54) is 5.56 Å². The Hall–Kier alpha value is -1.52. The Morgan fingerprint density at radius 1 is 1.08 bits per heavy atom. The van der Waals surface area contributed by atoms with Gasteiger partial charge >= 0.3 is 0 Å². The van der Waals surface area contributed by atoms with Crippen LogP contribution in [0.1, 0.15) is 38.3 Å². The van der Waals surface area contributed by atoms with Gasteiger partial charge in [-0.25, -0.2) is 0 Å². The summed E-state index contributed by atoms with van der Waals surface area (Å²) in [5, 5.41) is 3.60. The first-order chi connectivity index (χ1) is 12.0. The zero-order chi connectivity index (χ0) is 18.2. The molecular weight excluding hydrogens is 378 g/mol. The number of rotatable bonds is 9. The Labute approximate surface area is 159 Å². The minimum Gasteiger partial charge on any atom is -0.493 e. The fraction of sp³-hybridized carbons (Fsp3) is 0.429. The van der Waals surface area contributed by atoms with Crippen molar-refractivity contribution in [2.24, 2.45) is 0 Å². The van der Waals surface area contributed by atoms with E-state index in [4.69, 9.17) is 9.47 Å². The first kappa shape index (κ1) is 19.8. The molecule has 2 aromatic rings. The topological polar surface area (TPSA) is 30.5 Å². The molecule has 3 nitrogen and oxygen atoms in total. The van der Waals surface area contributed by atoms with Gasteiger partial charge in [-0.05, 0) is 51.3 Å². The van der Waals surface area contributed by atoms with Crippen molar-refractivity contribution in [3.63, 3.8) is 0 Å². The van der Waals surface area contributed by atoms with Gasteiger partial charge in [0, 0.05) is 22.6 Å². The van der Waals surface area contributed by atoms with Crippen molar-refractivity contribution in [1.82, 2.24) is 5.32 Å². The van der Waals surface area contributed by atoms with E-state index in [2.05, 4.69) is 64.6 Å². The van der Waals surface area contributed by atoms with E-state index in [0.29, 0.717) is 6.04 Å². The van der Waals surface area contributed by atoms with Crippen molar-refractivity contribution in [1.29, 1.82) is 0 Å². The van der Waals surface area contributed by atoms with Crippen LogP contribution in [0.15, 0.2) is 46.9 Å². The molecule has 0 aliphatic heterocycles. The fourth-order valence-electron chi connectivity index (χ4n) is 2.69. The van der Waals surface area contributed by atoms with Gasteiger partial charge in [0.25, 0.3) is 0 Å². The molecule has 0 aliphatic rings. The molecule has 1 atom stereocenters. The first-order valence-corrected chi connectivity index (χ1v) is 9.59. The molecule has 136 valence electrons. The van der Waals surface area contributed by atoms with E-state index in [-0.39, 0.29) is 6.10 Å². The molecule has 25 heavy (non-hydrogen) atoms. The molecule has 0 bridgehead atoms. The second-order valence-corrected chi connectivity index (χ2v) is 7.48. The molecule has 0 aliphatic carbocycles. The lowest BCUT2D eigenvalue weighted by atomic mass is 10.1. The largest absolute Gasteiger partial charge is 0.493 e. The van der Waals surface area contributed by atoms with Crippen LogP contribution in [-0.4, -0.2) is 19.3 Å². The van der Waals surface area contributed by atoms with Gasteiger partial charge in [0.05, 0.1) is 13.2 Å².